The number of benzene rings is 1. The minimum atomic E-state index is -0.177. The van der Waals surface area contributed by atoms with Crippen molar-refractivity contribution in [3.05, 3.63) is 34.1 Å². The van der Waals surface area contributed by atoms with Gasteiger partial charge in [-0.2, -0.15) is 0 Å². The molecule has 0 radical (unpaired) electrons. The minimum absolute atomic E-state index is 0.177. The Morgan fingerprint density at radius 1 is 1.25 bits per heavy atom. The van der Waals surface area contributed by atoms with Gasteiger partial charge in [0.05, 0.1) is 0 Å². The van der Waals surface area contributed by atoms with E-state index in [0.29, 0.717) is 12.0 Å². The Hall–Kier alpha value is -0.450. The summed E-state index contributed by atoms with van der Waals surface area (Å²) < 4.78 is 14.2. The molecule has 112 valence electrons. The van der Waals surface area contributed by atoms with E-state index in [1.165, 1.54) is 12.0 Å². The lowest BCUT2D eigenvalue weighted by molar-refractivity contribution is 0.159. The molecule has 1 N–H and O–H groups in total. The maximum atomic E-state index is 13.3. The van der Waals surface area contributed by atoms with Crippen LogP contribution in [-0.2, 0) is 0 Å². The third-order valence-electron chi connectivity index (χ3n) is 3.93. The van der Waals surface area contributed by atoms with Crippen molar-refractivity contribution in [3.63, 3.8) is 0 Å². The fourth-order valence-corrected chi connectivity index (χ4v) is 3.41. The highest BCUT2D eigenvalue weighted by Crippen LogP contribution is 2.33. The molecule has 1 fully saturated rings. The summed E-state index contributed by atoms with van der Waals surface area (Å²) in [7, 11) is 0. The second-order valence-electron chi connectivity index (χ2n) is 5.94. The SMILES string of the molecule is CC(C)CC[C@@H](c1ccc(F)cc1Br)N1CCNCC1. The molecule has 2 rings (SSSR count). The first-order valence-electron chi connectivity index (χ1n) is 7.47. The lowest BCUT2D eigenvalue weighted by Crippen LogP contribution is -2.45. The van der Waals surface area contributed by atoms with Gasteiger partial charge >= 0.3 is 0 Å². The van der Waals surface area contributed by atoms with E-state index in [-0.39, 0.29) is 5.82 Å². The van der Waals surface area contributed by atoms with Crippen LogP contribution in [0, 0.1) is 11.7 Å². The third kappa shape index (κ3) is 4.27. The quantitative estimate of drug-likeness (QED) is 0.870. The first-order valence-corrected chi connectivity index (χ1v) is 8.27. The van der Waals surface area contributed by atoms with Crippen molar-refractivity contribution in [1.82, 2.24) is 10.2 Å². The summed E-state index contributed by atoms with van der Waals surface area (Å²) in [6.07, 6.45) is 2.32. The molecule has 1 aromatic rings. The third-order valence-corrected chi connectivity index (χ3v) is 4.62. The summed E-state index contributed by atoms with van der Waals surface area (Å²) in [6, 6.07) is 5.48. The lowest BCUT2D eigenvalue weighted by atomic mass is 9.95. The van der Waals surface area contributed by atoms with Gasteiger partial charge in [0.1, 0.15) is 5.82 Å². The summed E-state index contributed by atoms with van der Waals surface area (Å²) in [5.41, 5.74) is 1.22. The molecular weight excluding hydrogens is 319 g/mol. The van der Waals surface area contributed by atoms with E-state index >= 15 is 0 Å². The Morgan fingerprint density at radius 2 is 1.95 bits per heavy atom. The summed E-state index contributed by atoms with van der Waals surface area (Å²) in [5.74, 6) is 0.517. The largest absolute Gasteiger partial charge is 0.314 e. The molecule has 0 aromatic heterocycles. The Kier molecular flexibility index (Phi) is 6.00. The zero-order valence-electron chi connectivity index (χ0n) is 12.3. The highest BCUT2D eigenvalue weighted by Gasteiger charge is 2.24. The molecule has 1 saturated heterocycles. The zero-order chi connectivity index (χ0) is 14.5. The van der Waals surface area contributed by atoms with Gasteiger partial charge in [0.2, 0.25) is 0 Å². The maximum Gasteiger partial charge on any atom is 0.124 e. The molecule has 1 aliphatic heterocycles. The molecule has 1 aromatic carbocycles. The van der Waals surface area contributed by atoms with E-state index in [9.17, 15) is 4.39 Å². The van der Waals surface area contributed by atoms with Crippen LogP contribution in [0.25, 0.3) is 0 Å². The Morgan fingerprint density at radius 3 is 2.55 bits per heavy atom. The van der Waals surface area contributed by atoms with Gasteiger partial charge in [-0.1, -0.05) is 35.8 Å². The Labute approximate surface area is 129 Å². The first kappa shape index (κ1) is 15.9. The highest BCUT2D eigenvalue weighted by molar-refractivity contribution is 9.10. The minimum Gasteiger partial charge on any atom is -0.314 e. The van der Waals surface area contributed by atoms with Crippen LogP contribution in [0.4, 0.5) is 4.39 Å². The van der Waals surface area contributed by atoms with Gasteiger partial charge in [-0.15, -0.1) is 0 Å². The average Bonchev–Trinajstić information content (AvgIpc) is 2.42. The van der Waals surface area contributed by atoms with Crippen molar-refractivity contribution in [1.29, 1.82) is 0 Å². The Balaban J connectivity index is 2.19. The van der Waals surface area contributed by atoms with E-state index in [2.05, 4.69) is 40.0 Å². The highest BCUT2D eigenvalue weighted by atomic mass is 79.9. The van der Waals surface area contributed by atoms with Crippen molar-refractivity contribution >= 4 is 15.9 Å². The van der Waals surface area contributed by atoms with E-state index in [1.54, 1.807) is 12.1 Å². The van der Waals surface area contributed by atoms with E-state index < -0.39 is 0 Å². The molecule has 1 atom stereocenters. The molecule has 0 spiro atoms. The molecule has 1 aliphatic rings. The maximum absolute atomic E-state index is 13.3. The summed E-state index contributed by atoms with van der Waals surface area (Å²) >= 11 is 3.54. The van der Waals surface area contributed by atoms with E-state index in [0.717, 1.165) is 37.1 Å². The van der Waals surface area contributed by atoms with Crippen LogP contribution in [-0.4, -0.2) is 31.1 Å². The summed E-state index contributed by atoms with van der Waals surface area (Å²) in [5, 5.41) is 3.40. The fraction of sp³-hybridized carbons (Fsp3) is 0.625. The number of nitrogens with one attached hydrogen (secondary N) is 1. The van der Waals surface area contributed by atoms with Crippen LogP contribution in [0.5, 0.6) is 0 Å². The molecular formula is C16H24BrFN2. The van der Waals surface area contributed by atoms with Crippen LogP contribution in [0.15, 0.2) is 22.7 Å². The number of halogens is 2. The number of piperazine rings is 1. The second-order valence-corrected chi connectivity index (χ2v) is 6.79. The molecule has 0 amide bonds. The number of rotatable bonds is 5. The summed E-state index contributed by atoms with van der Waals surface area (Å²) in [4.78, 5) is 2.52. The van der Waals surface area contributed by atoms with Crippen LogP contribution < -0.4 is 5.32 Å². The van der Waals surface area contributed by atoms with Gasteiger partial charge in [0.25, 0.3) is 0 Å². The number of hydrogen-bond acceptors (Lipinski definition) is 2. The van der Waals surface area contributed by atoms with Crippen LogP contribution in [0.2, 0.25) is 0 Å². The zero-order valence-corrected chi connectivity index (χ0v) is 13.9. The van der Waals surface area contributed by atoms with Gasteiger partial charge in [-0.05, 0) is 36.5 Å². The number of hydrogen-bond donors (Lipinski definition) is 1. The van der Waals surface area contributed by atoms with E-state index in [4.69, 9.17) is 0 Å². The van der Waals surface area contributed by atoms with Gasteiger partial charge in [-0.25, -0.2) is 4.39 Å². The Bertz CT molecular complexity index is 430. The molecule has 0 unspecified atom stereocenters. The van der Waals surface area contributed by atoms with Gasteiger partial charge in [0.15, 0.2) is 0 Å². The molecule has 0 bridgehead atoms. The monoisotopic (exact) mass is 342 g/mol. The van der Waals surface area contributed by atoms with Crippen LogP contribution in [0.3, 0.4) is 0 Å². The second kappa shape index (κ2) is 7.53. The summed E-state index contributed by atoms with van der Waals surface area (Å²) in [6.45, 7) is 8.72. The predicted molar refractivity (Wildman–Crippen MR) is 85.4 cm³/mol. The van der Waals surface area contributed by atoms with Gasteiger partial charge in [-0.3, -0.25) is 4.90 Å². The topological polar surface area (TPSA) is 15.3 Å². The predicted octanol–water partition coefficient (Wildman–Crippen LogP) is 3.97. The standard InChI is InChI=1S/C16H24BrFN2/c1-12(2)3-6-16(20-9-7-19-8-10-20)14-5-4-13(18)11-15(14)17/h4-5,11-12,16,19H,3,6-10H2,1-2H3/t16-/m0/s1. The van der Waals surface area contributed by atoms with Gasteiger partial charge < -0.3 is 5.32 Å². The normalized spacial score (nSPS) is 18.4. The van der Waals surface area contributed by atoms with Crippen molar-refractivity contribution in [2.24, 2.45) is 5.92 Å². The van der Waals surface area contributed by atoms with Gasteiger partial charge in [0, 0.05) is 36.7 Å². The molecule has 0 aliphatic carbocycles. The number of nitrogens with zero attached hydrogens (tertiary/aromatic N) is 1. The smallest absolute Gasteiger partial charge is 0.124 e. The fourth-order valence-electron chi connectivity index (χ4n) is 2.79. The first-order chi connectivity index (χ1) is 9.58. The van der Waals surface area contributed by atoms with Crippen molar-refractivity contribution in [2.45, 2.75) is 32.7 Å². The molecule has 4 heteroatoms. The van der Waals surface area contributed by atoms with Crippen molar-refractivity contribution < 1.29 is 4.39 Å². The van der Waals surface area contributed by atoms with Crippen molar-refractivity contribution in [2.75, 3.05) is 26.2 Å². The van der Waals surface area contributed by atoms with Crippen LogP contribution >= 0.6 is 15.9 Å². The lowest BCUT2D eigenvalue weighted by Gasteiger charge is -2.36. The van der Waals surface area contributed by atoms with E-state index in [1.807, 2.05) is 6.07 Å². The molecule has 0 saturated carbocycles. The average molecular weight is 343 g/mol. The van der Waals surface area contributed by atoms with Crippen LogP contribution in [0.1, 0.15) is 38.3 Å². The molecule has 20 heavy (non-hydrogen) atoms. The molecule has 2 nitrogen and oxygen atoms in total. The molecule has 1 heterocycles. The van der Waals surface area contributed by atoms with Crippen molar-refractivity contribution in [3.8, 4) is 0 Å².